The summed E-state index contributed by atoms with van der Waals surface area (Å²) in [5.41, 5.74) is 1.67. The van der Waals surface area contributed by atoms with Crippen LogP contribution in [0.5, 0.6) is 23.0 Å². The van der Waals surface area contributed by atoms with Gasteiger partial charge in [0.15, 0.2) is 11.5 Å². The number of hydrogen-bond acceptors (Lipinski definition) is 5. The summed E-state index contributed by atoms with van der Waals surface area (Å²) in [6.45, 7) is 0. The molecule has 0 saturated heterocycles. The Kier molecular flexibility index (Phi) is 6.55. The van der Waals surface area contributed by atoms with Gasteiger partial charge in [-0.2, -0.15) is 0 Å². The zero-order chi connectivity index (χ0) is 25.2. The van der Waals surface area contributed by atoms with Gasteiger partial charge in [-0.1, -0.05) is 41.4 Å². The second-order valence-corrected chi connectivity index (χ2v) is 8.66. The number of ether oxygens (including phenoxy) is 3. The third-order valence-electron chi connectivity index (χ3n) is 5.73. The molecule has 0 radical (unpaired) electrons. The molecular weight excluding hydrogens is 499 g/mol. The van der Waals surface area contributed by atoms with Gasteiger partial charge in [0.05, 0.1) is 35.3 Å². The monoisotopic (exact) mass is 518 g/mol. The molecule has 6 nitrogen and oxygen atoms in total. The molecule has 1 N–H and O–H groups in total. The smallest absolute Gasteiger partial charge is 0.257 e. The standard InChI is InChI=1S/C28H20Cl2N2O4/c1-34-25-14-20-23(15-26(25)35-2)31-12-11-24(20)36-17-9-10-18-16(13-17)5-3-8-22(18)32-28(33)19-6-4-7-21(29)27(19)30/h3-15H,1-2H3,(H,32,33). The molecule has 36 heavy (non-hydrogen) atoms. The van der Waals surface area contributed by atoms with Crippen LogP contribution in [0.2, 0.25) is 10.0 Å². The number of pyridine rings is 1. The largest absolute Gasteiger partial charge is 0.493 e. The molecule has 1 amide bonds. The lowest BCUT2D eigenvalue weighted by Crippen LogP contribution is -2.12. The highest BCUT2D eigenvalue weighted by Crippen LogP contribution is 2.38. The molecule has 0 spiro atoms. The molecule has 0 atom stereocenters. The fraction of sp³-hybridized carbons (Fsp3) is 0.0714. The van der Waals surface area contributed by atoms with Gasteiger partial charge in [0.25, 0.3) is 5.91 Å². The molecule has 8 heteroatoms. The topological polar surface area (TPSA) is 69.7 Å². The lowest BCUT2D eigenvalue weighted by Gasteiger charge is -2.14. The number of nitrogens with one attached hydrogen (secondary N) is 1. The maximum Gasteiger partial charge on any atom is 0.257 e. The molecule has 0 saturated carbocycles. The highest BCUT2D eigenvalue weighted by molar-refractivity contribution is 6.44. The van der Waals surface area contributed by atoms with Crippen molar-refractivity contribution in [2.45, 2.75) is 0 Å². The van der Waals surface area contributed by atoms with Crippen molar-refractivity contribution in [2.24, 2.45) is 0 Å². The number of carbonyl (C=O) groups is 1. The normalized spacial score (nSPS) is 10.9. The van der Waals surface area contributed by atoms with Gasteiger partial charge in [0.1, 0.15) is 11.5 Å². The van der Waals surface area contributed by atoms with Crippen molar-refractivity contribution >= 4 is 56.5 Å². The van der Waals surface area contributed by atoms with Gasteiger partial charge < -0.3 is 19.5 Å². The van der Waals surface area contributed by atoms with E-state index in [0.717, 1.165) is 21.7 Å². The molecule has 0 aliphatic carbocycles. The number of halogens is 2. The molecule has 0 aliphatic heterocycles. The number of benzene rings is 4. The van der Waals surface area contributed by atoms with Crippen molar-refractivity contribution in [1.29, 1.82) is 0 Å². The Labute approximate surface area is 217 Å². The number of carbonyl (C=O) groups excluding carboxylic acids is 1. The first kappa shape index (κ1) is 23.7. The SMILES string of the molecule is COc1cc2nccc(Oc3ccc4c(NC(=O)c5cccc(Cl)c5Cl)cccc4c3)c2cc1OC. The highest BCUT2D eigenvalue weighted by atomic mass is 35.5. The molecule has 0 unspecified atom stereocenters. The molecule has 0 bridgehead atoms. The van der Waals surface area contributed by atoms with Crippen LogP contribution < -0.4 is 19.5 Å². The van der Waals surface area contributed by atoms with Crippen LogP contribution in [-0.4, -0.2) is 25.1 Å². The van der Waals surface area contributed by atoms with E-state index < -0.39 is 0 Å². The maximum absolute atomic E-state index is 12.9. The van der Waals surface area contributed by atoms with E-state index in [-0.39, 0.29) is 10.9 Å². The Morgan fingerprint density at radius 1 is 0.833 bits per heavy atom. The summed E-state index contributed by atoms with van der Waals surface area (Å²) in [5, 5.41) is 5.99. The van der Waals surface area contributed by atoms with Crippen molar-refractivity contribution in [3.05, 3.63) is 94.6 Å². The van der Waals surface area contributed by atoms with Crippen LogP contribution in [0.25, 0.3) is 21.7 Å². The molecule has 0 fully saturated rings. The van der Waals surface area contributed by atoms with Gasteiger partial charge >= 0.3 is 0 Å². The van der Waals surface area contributed by atoms with Gasteiger partial charge in [-0.25, -0.2) is 0 Å². The molecule has 1 heterocycles. The van der Waals surface area contributed by atoms with E-state index in [9.17, 15) is 4.79 Å². The van der Waals surface area contributed by atoms with Crippen molar-refractivity contribution < 1.29 is 19.0 Å². The predicted molar refractivity (Wildman–Crippen MR) is 143 cm³/mol. The van der Waals surface area contributed by atoms with Crippen LogP contribution >= 0.6 is 23.2 Å². The van der Waals surface area contributed by atoms with Crippen LogP contribution in [0.4, 0.5) is 5.69 Å². The van der Waals surface area contributed by atoms with E-state index in [4.69, 9.17) is 37.4 Å². The Morgan fingerprint density at radius 3 is 2.42 bits per heavy atom. The van der Waals surface area contributed by atoms with E-state index in [1.165, 1.54) is 0 Å². The molecule has 1 aromatic heterocycles. The zero-order valence-electron chi connectivity index (χ0n) is 19.3. The van der Waals surface area contributed by atoms with Gasteiger partial charge in [-0.15, -0.1) is 0 Å². The molecule has 0 aliphatic rings. The predicted octanol–water partition coefficient (Wildman–Crippen LogP) is 7.76. The summed E-state index contributed by atoms with van der Waals surface area (Å²) < 4.78 is 17.1. The minimum atomic E-state index is -0.344. The number of methoxy groups -OCH3 is 2. The van der Waals surface area contributed by atoms with Crippen molar-refractivity contribution in [3.63, 3.8) is 0 Å². The first-order chi connectivity index (χ1) is 17.5. The maximum atomic E-state index is 12.9. The van der Waals surface area contributed by atoms with E-state index in [2.05, 4.69) is 10.3 Å². The fourth-order valence-electron chi connectivity index (χ4n) is 3.97. The summed E-state index contributed by atoms with van der Waals surface area (Å²) >= 11 is 12.3. The third-order valence-corrected chi connectivity index (χ3v) is 6.55. The number of amides is 1. The van der Waals surface area contributed by atoms with Gasteiger partial charge in [0.2, 0.25) is 0 Å². The third kappa shape index (κ3) is 4.49. The van der Waals surface area contributed by atoms with Crippen molar-refractivity contribution in [3.8, 4) is 23.0 Å². The van der Waals surface area contributed by atoms with E-state index in [1.54, 1.807) is 44.7 Å². The highest BCUT2D eigenvalue weighted by Gasteiger charge is 2.15. The Balaban J connectivity index is 1.46. The van der Waals surface area contributed by atoms with E-state index >= 15 is 0 Å². The lowest BCUT2D eigenvalue weighted by molar-refractivity contribution is 0.102. The summed E-state index contributed by atoms with van der Waals surface area (Å²) in [7, 11) is 3.17. The first-order valence-electron chi connectivity index (χ1n) is 10.9. The van der Waals surface area contributed by atoms with Gasteiger partial charge in [-0.3, -0.25) is 9.78 Å². The van der Waals surface area contributed by atoms with Crippen LogP contribution in [0.1, 0.15) is 10.4 Å². The summed E-state index contributed by atoms with van der Waals surface area (Å²) in [6.07, 6.45) is 1.68. The number of fused-ring (bicyclic) bond motifs is 2. The number of anilines is 1. The van der Waals surface area contributed by atoms with E-state index in [1.807, 2.05) is 48.5 Å². The molecule has 5 rings (SSSR count). The average Bonchev–Trinajstić information content (AvgIpc) is 2.89. The Bertz CT molecular complexity index is 1620. The Hall–Kier alpha value is -4.00. The molecular formula is C28H20Cl2N2O4. The van der Waals surface area contributed by atoms with Crippen LogP contribution in [0, 0.1) is 0 Å². The first-order valence-corrected chi connectivity index (χ1v) is 11.7. The number of rotatable bonds is 6. The second-order valence-electron chi connectivity index (χ2n) is 7.88. The Morgan fingerprint density at radius 2 is 1.61 bits per heavy atom. The average molecular weight is 519 g/mol. The number of aromatic nitrogens is 1. The molecule has 5 aromatic rings. The van der Waals surface area contributed by atoms with Crippen molar-refractivity contribution in [1.82, 2.24) is 4.98 Å². The summed E-state index contributed by atoms with van der Waals surface area (Å²) in [5.74, 6) is 2.09. The van der Waals surface area contributed by atoms with Gasteiger partial charge in [0, 0.05) is 28.7 Å². The van der Waals surface area contributed by atoms with Crippen LogP contribution in [-0.2, 0) is 0 Å². The minimum absolute atomic E-state index is 0.214. The minimum Gasteiger partial charge on any atom is -0.493 e. The van der Waals surface area contributed by atoms with Crippen molar-refractivity contribution in [2.75, 3.05) is 19.5 Å². The summed E-state index contributed by atoms with van der Waals surface area (Å²) in [6, 6.07) is 21.7. The summed E-state index contributed by atoms with van der Waals surface area (Å²) in [4.78, 5) is 17.3. The zero-order valence-corrected chi connectivity index (χ0v) is 20.9. The fourth-order valence-corrected chi connectivity index (χ4v) is 4.35. The van der Waals surface area contributed by atoms with Gasteiger partial charge in [-0.05, 0) is 53.9 Å². The molecule has 180 valence electrons. The number of nitrogens with zero attached hydrogens (tertiary/aromatic N) is 1. The lowest BCUT2D eigenvalue weighted by atomic mass is 10.1. The quantitative estimate of drug-likeness (QED) is 0.248. The van der Waals surface area contributed by atoms with Crippen LogP contribution in [0.15, 0.2) is 79.0 Å². The number of hydrogen-bond donors (Lipinski definition) is 1. The van der Waals surface area contributed by atoms with Crippen LogP contribution in [0.3, 0.4) is 0 Å². The molecule has 4 aromatic carbocycles. The van der Waals surface area contributed by atoms with E-state index in [0.29, 0.717) is 39.3 Å². The second kappa shape index (κ2) is 9.93.